The van der Waals surface area contributed by atoms with Crippen molar-refractivity contribution in [2.24, 2.45) is 47.3 Å². The molecular weight excluding hydrogens is 637 g/mol. The Balaban J connectivity index is 0.939. The van der Waals surface area contributed by atoms with Crippen molar-refractivity contribution in [1.82, 2.24) is 4.72 Å². The van der Waals surface area contributed by atoms with Crippen LogP contribution in [0.3, 0.4) is 0 Å². The van der Waals surface area contributed by atoms with Gasteiger partial charge < -0.3 is 18.9 Å². The van der Waals surface area contributed by atoms with Crippen molar-refractivity contribution >= 4 is 17.9 Å². The van der Waals surface area contributed by atoms with Crippen LogP contribution in [0.4, 0.5) is 0 Å². The van der Waals surface area contributed by atoms with Crippen LogP contribution in [0, 0.1) is 47.3 Å². The summed E-state index contributed by atoms with van der Waals surface area (Å²) < 4.78 is 56.4. The van der Waals surface area contributed by atoms with Gasteiger partial charge in [0.15, 0.2) is 23.8 Å². The van der Waals surface area contributed by atoms with E-state index < -0.39 is 56.5 Å². The maximum absolute atomic E-state index is 13.6. The molecule has 270 valence electrons. The predicted octanol–water partition coefficient (Wildman–Crippen LogP) is 5.07. The zero-order valence-corrected chi connectivity index (χ0v) is 30.6. The van der Waals surface area contributed by atoms with Gasteiger partial charge in [-0.05, 0) is 108 Å². The highest BCUT2D eigenvalue weighted by Crippen LogP contribution is 2.64. The van der Waals surface area contributed by atoms with E-state index in [1.54, 1.807) is 0 Å². The van der Waals surface area contributed by atoms with E-state index in [-0.39, 0.29) is 47.8 Å². The van der Waals surface area contributed by atoms with E-state index in [1.165, 1.54) is 0 Å². The molecule has 8 saturated heterocycles. The lowest BCUT2D eigenvalue weighted by molar-refractivity contribution is -0.576. The molecular formula is C35H56BNO10S. The summed E-state index contributed by atoms with van der Waals surface area (Å²) in [6.07, 6.45) is 6.73. The first-order chi connectivity index (χ1) is 22.5. The lowest BCUT2D eigenvalue weighted by Gasteiger charge is -2.63. The number of rotatable bonds is 7. The lowest BCUT2D eigenvalue weighted by atomic mass is 9.52. The fourth-order valence-corrected chi connectivity index (χ4v) is 12.8. The number of hydrogen-bond acceptors (Lipinski definition) is 10. The first kappa shape index (κ1) is 34.7. The smallest absolute Gasteiger partial charge is 0.211 e. The van der Waals surface area contributed by atoms with Gasteiger partial charge in [-0.2, -0.15) is 0 Å². The SMILES string of the molecule is [B][C@]1(CCNS(=O)(=O)CC[C@@]2(C)O[C@@H]3O[C@@]4(C)CC[C@H]5[C@H](C)CC[C@@H]([C@H]2C)[C@@]35OO4)O[C@@H]2O[C@]3(C)CC[C@H]4[C@H](C)CC[C@@H]([C@H]1C)[C@@]24OO3. The molecule has 1 N–H and O–H groups in total. The van der Waals surface area contributed by atoms with Crippen molar-refractivity contribution < 1.29 is 46.9 Å². The van der Waals surface area contributed by atoms with Gasteiger partial charge in [0.1, 0.15) is 7.85 Å². The fraction of sp³-hybridized carbons (Fsp3) is 1.00. The molecule has 4 bridgehead atoms. The maximum atomic E-state index is 13.6. The number of hydrogen-bond donors (Lipinski definition) is 1. The minimum absolute atomic E-state index is 0.0368. The summed E-state index contributed by atoms with van der Waals surface area (Å²) in [4.78, 5) is 24.4. The third-order valence-corrected chi connectivity index (χ3v) is 16.3. The molecule has 10 rings (SSSR count). The quantitative estimate of drug-likeness (QED) is 0.286. The third kappa shape index (κ3) is 5.02. The Kier molecular flexibility index (Phi) is 8.19. The van der Waals surface area contributed by atoms with E-state index in [4.69, 9.17) is 46.3 Å². The monoisotopic (exact) mass is 693 g/mol. The number of fused-ring (bicyclic) bond motifs is 4. The zero-order valence-electron chi connectivity index (χ0n) is 29.8. The van der Waals surface area contributed by atoms with Crippen molar-refractivity contribution in [1.29, 1.82) is 0 Å². The third-order valence-electron chi connectivity index (χ3n) is 14.9. The average molecular weight is 694 g/mol. The van der Waals surface area contributed by atoms with Gasteiger partial charge in [-0.25, -0.2) is 32.7 Å². The van der Waals surface area contributed by atoms with Crippen LogP contribution in [0.15, 0.2) is 0 Å². The van der Waals surface area contributed by atoms with Crippen LogP contribution >= 0.6 is 0 Å². The van der Waals surface area contributed by atoms with Crippen molar-refractivity contribution in [2.75, 3.05) is 12.3 Å². The molecule has 8 aliphatic heterocycles. The largest absolute Gasteiger partial charge is 0.353 e. The van der Waals surface area contributed by atoms with Gasteiger partial charge in [-0.1, -0.05) is 27.7 Å². The molecule has 10 fully saturated rings. The molecule has 0 amide bonds. The first-order valence-electron chi connectivity index (χ1n) is 18.7. The van der Waals surface area contributed by atoms with Gasteiger partial charge in [-0.15, -0.1) is 0 Å². The van der Waals surface area contributed by atoms with E-state index in [1.807, 2.05) is 20.8 Å². The van der Waals surface area contributed by atoms with Crippen LogP contribution in [-0.2, 0) is 48.5 Å². The van der Waals surface area contributed by atoms with E-state index in [0.29, 0.717) is 24.7 Å². The second kappa shape index (κ2) is 11.3. The van der Waals surface area contributed by atoms with E-state index >= 15 is 0 Å². The Bertz CT molecular complexity index is 1390. The Hall–Kier alpha value is -0.345. The lowest BCUT2D eigenvalue weighted by Crippen LogP contribution is -2.73. The molecule has 0 aromatic heterocycles. The highest BCUT2D eigenvalue weighted by atomic mass is 32.2. The van der Waals surface area contributed by atoms with Gasteiger partial charge in [0.25, 0.3) is 0 Å². The Morgan fingerprint density at radius 2 is 1.17 bits per heavy atom. The van der Waals surface area contributed by atoms with Gasteiger partial charge in [0.05, 0.1) is 11.4 Å². The van der Waals surface area contributed by atoms with E-state index in [0.717, 1.165) is 51.4 Å². The molecule has 0 aromatic rings. The van der Waals surface area contributed by atoms with Crippen LogP contribution in [0.5, 0.6) is 0 Å². The van der Waals surface area contributed by atoms with Gasteiger partial charge in [0.2, 0.25) is 21.6 Å². The van der Waals surface area contributed by atoms with Crippen LogP contribution in [0.2, 0.25) is 0 Å². The van der Waals surface area contributed by atoms with Crippen LogP contribution in [0.1, 0.15) is 113 Å². The number of sulfonamides is 1. The molecule has 48 heavy (non-hydrogen) atoms. The van der Waals surface area contributed by atoms with Crippen molar-refractivity contribution in [2.45, 2.75) is 159 Å². The molecule has 0 unspecified atom stereocenters. The number of ether oxygens (including phenoxy) is 4. The average Bonchev–Trinajstić information content (AvgIpc) is 3.39. The predicted molar refractivity (Wildman–Crippen MR) is 174 cm³/mol. The summed E-state index contributed by atoms with van der Waals surface area (Å²) in [5.41, 5.74) is -3.22. The number of nitrogens with one attached hydrogen (secondary N) is 1. The summed E-state index contributed by atoms with van der Waals surface area (Å²) in [5, 5.41) is 0. The molecule has 2 spiro atoms. The van der Waals surface area contributed by atoms with Crippen LogP contribution in [-0.4, -0.2) is 75.0 Å². The molecule has 16 atom stereocenters. The zero-order chi connectivity index (χ0) is 34.1. The molecule has 2 saturated carbocycles. The summed E-state index contributed by atoms with van der Waals surface area (Å²) in [7, 11) is 3.38. The van der Waals surface area contributed by atoms with E-state index in [9.17, 15) is 8.42 Å². The summed E-state index contributed by atoms with van der Waals surface area (Å²) >= 11 is 0. The minimum atomic E-state index is -3.66. The van der Waals surface area contributed by atoms with Gasteiger partial charge >= 0.3 is 0 Å². The van der Waals surface area contributed by atoms with Crippen LogP contribution < -0.4 is 4.72 Å². The highest BCUT2D eigenvalue weighted by molar-refractivity contribution is 7.89. The van der Waals surface area contributed by atoms with Gasteiger partial charge in [0, 0.05) is 36.7 Å². The molecule has 10 aliphatic rings. The van der Waals surface area contributed by atoms with Crippen molar-refractivity contribution in [3.63, 3.8) is 0 Å². The Morgan fingerprint density at radius 3 is 1.73 bits per heavy atom. The minimum Gasteiger partial charge on any atom is -0.353 e. The molecule has 0 aromatic carbocycles. The van der Waals surface area contributed by atoms with E-state index in [2.05, 4.69) is 32.4 Å². The maximum Gasteiger partial charge on any atom is 0.211 e. The molecule has 13 heteroatoms. The molecule has 11 nitrogen and oxygen atoms in total. The summed E-state index contributed by atoms with van der Waals surface area (Å²) in [6, 6.07) is 0. The molecule has 2 radical (unpaired) electrons. The van der Waals surface area contributed by atoms with Gasteiger partial charge in [-0.3, -0.25) is 0 Å². The second-order valence-electron chi connectivity index (χ2n) is 17.6. The standard InChI is InChI=1S/C35H56BNO10S/c1-20-8-10-26-22(3)30(5,40-28-34(26)24(20)12-14-31(6,41-28)44-46-34)17-19-48(38,39)37-18-16-33(36)23(4)27-11-9-21(2)25-13-15-32(7)42-29(43-33)35(25,27)47-45-32/h20-29,37H,8-19H2,1-7H3/t20-,21-,22-,23-,24+,25+,26+,27+,28-,29+,30-,31-,32+,33-,34-,35-/m1/s1. The Morgan fingerprint density at radius 1 is 0.646 bits per heavy atom. The topological polar surface area (TPSA) is 120 Å². The molecule has 8 heterocycles. The van der Waals surface area contributed by atoms with Crippen molar-refractivity contribution in [3.8, 4) is 0 Å². The normalized spacial score (nSPS) is 57.3. The first-order valence-corrected chi connectivity index (χ1v) is 20.3. The Labute approximate surface area is 287 Å². The molecule has 2 aliphatic carbocycles. The van der Waals surface area contributed by atoms with Crippen LogP contribution in [0.25, 0.3) is 0 Å². The summed E-state index contributed by atoms with van der Waals surface area (Å²) in [6.45, 7) is 14.8. The van der Waals surface area contributed by atoms with Crippen molar-refractivity contribution in [3.05, 3.63) is 0 Å². The highest BCUT2D eigenvalue weighted by Gasteiger charge is 2.72. The second-order valence-corrected chi connectivity index (χ2v) is 19.5. The summed E-state index contributed by atoms with van der Waals surface area (Å²) in [5.74, 6) is -0.319. The fourth-order valence-electron chi connectivity index (χ4n) is 11.6.